The van der Waals surface area contributed by atoms with Crippen LogP contribution in [-0.2, 0) is 12.8 Å². The zero-order chi connectivity index (χ0) is 22.8. The van der Waals surface area contributed by atoms with Crippen LogP contribution in [0.15, 0.2) is 71.7 Å². The summed E-state index contributed by atoms with van der Waals surface area (Å²) < 4.78 is 2.24. The van der Waals surface area contributed by atoms with Crippen molar-refractivity contribution in [2.75, 3.05) is 5.32 Å². The molecule has 0 saturated heterocycles. The van der Waals surface area contributed by atoms with Gasteiger partial charge < -0.3 is 9.88 Å². The average Bonchev–Trinajstić information content (AvgIpc) is 3.35. The van der Waals surface area contributed by atoms with Crippen molar-refractivity contribution >= 4 is 34.1 Å². The highest BCUT2D eigenvalue weighted by Gasteiger charge is 2.25. The van der Waals surface area contributed by atoms with E-state index in [-0.39, 0.29) is 5.91 Å². The fourth-order valence-electron chi connectivity index (χ4n) is 4.61. The van der Waals surface area contributed by atoms with E-state index in [0.717, 1.165) is 58.2 Å². The van der Waals surface area contributed by atoms with Crippen LogP contribution in [0.25, 0.3) is 5.69 Å². The summed E-state index contributed by atoms with van der Waals surface area (Å²) in [6, 6.07) is 22.1. The van der Waals surface area contributed by atoms with Crippen LogP contribution >= 0.6 is 11.3 Å². The Kier molecular flexibility index (Phi) is 5.97. The molecule has 1 N–H and O–H groups in total. The summed E-state index contributed by atoms with van der Waals surface area (Å²) in [6.07, 6.45) is 6.19. The van der Waals surface area contributed by atoms with Gasteiger partial charge in [0.05, 0.1) is 5.56 Å². The minimum atomic E-state index is -0.0671. The predicted molar refractivity (Wildman–Crippen MR) is 138 cm³/mol. The van der Waals surface area contributed by atoms with Gasteiger partial charge in [0.15, 0.2) is 0 Å². The molecule has 4 nitrogen and oxygen atoms in total. The van der Waals surface area contributed by atoms with Gasteiger partial charge in [-0.25, -0.2) is 4.99 Å². The monoisotopic (exact) mass is 453 g/mol. The van der Waals surface area contributed by atoms with Crippen molar-refractivity contribution in [1.82, 2.24) is 4.57 Å². The number of fused-ring (bicyclic) bond motifs is 1. The Morgan fingerprint density at radius 1 is 1.00 bits per heavy atom. The molecule has 0 atom stereocenters. The van der Waals surface area contributed by atoms with E-state index in [1.165, 1.54) is 16.9 Å². The Morgan fingerprint density at radius 2 is 1.70 bits per heavy atom. The fraction of sp³-hybridized carbons (Fsp3) is 0.214. The van der Waals surface area contributed by atoms with Crippen LogP contribution < -0.4 is 5.32 Å². The molecule has 2 aromatic heterocycles. The molecule has 33 heavy (non-hydrogen) atoms. The van der Waals surface area contributed by atoms with Crippen LogP contribution in [0.4, 0.5) is 10.7 Å². The first-order chi connectivity index (χ1) is 16.1. The molecule has 1 aliphatic rings. The Bertz CT molecular complexity index is 1320. The molecule has 0 fully saturated rings. The third-order valence-electron chi connectivity index (χ3n) is 6.22. The molecule has 1 amide bonds. The minimum absolute atomic E-state index is 0.0671. The summed E-state index contributed by atoms with van der Waals surface area (Å²) in [6.45, 7) is 4.23. The highest BCUT2D eigenvalue weighted by Crippen LogP contribution is 2.40. The Morgan fingerprint density at radius 3 is 2.45 bits per heavy atom. The van der Waals surface area contributed by atoms with E-state index in [1.54, 1.807) is 11.3 Å². The van der Waals surface area contributed by atoms with Crippen LogP contribution in [-0.4, -0.2) is 16.7 Å². The number of carbonyl (C=O) groups is 1. The molecule has 4 aromatic rings. The molecule has 166 valence electrons. The topological polar surface area (TPSA) is 46.4 Å². The van der Waals surface area contributed by atoms with Gasteiger partial charge in [-0.05, 0) is 75.4 Å². The molecule has 5 heteroatoms. The van der Waals surface area contributed by atoms with E-state index in [0.29, 0.717) is 0 Å². The van der Waals surface area contributed by atoms with Crippen molar-refractivity contribution in [3.05, 3.63) is 99.7 Å². The van der Waals surface area contributed by atoms with E-state index in [9.17, 15) is 4.79 Å². The summed E-state index contributed by atoms with van der Waals surface area (Å²) in [5.41, 5.74) is 7.23. The molecule has 0 saturated carbocycles. The predicted octanol–water partition coefficient (Wildman–Crippen LogP) is 7.04. The number of rotatable bonds is 5. The molecular formula is C28H27N3OS. The number of thiophene rings is 1. The zero-order valence-electron chi connectivity index (χ0n) is 19.0. The van der Waals surface area contributed by atoms with E-state index in [2.05, 4.69) is 54.1 Å². The van der Waals surface area contributed by atoms with E-state index >= 15 is 0 Å². The Hall–Kier alpha value is -3.44. The maximum absolute atomic E-state index is 13.3. The molecule has 0 radical (unpaired) electrons. The van der Waals surface area contributed by atoms with Gasteiger partial charge in [-0.1, -0.05) is 36.4 Å². The average molecular weight is 454 g/mol. The van der Waals surface area contributed by atoms with Crippen LogP contribution in [0, 0.1) is 13.8 Å². The molecule has 0 bridgehead atoms. The lowest BCUT2D eigenvalue weighted by Gasteiger charge is -2.12. The summed E-state index contributed by atoms with van der Waals surface area (Å²) in [7, 11) is 0. The summed E-state index contributed by atoms with van der Waals surface area (Å²) >= 11 is 1.67. The molecule has 2 heterocycles. The molecule has 0 spiro atoms. The molecular weight excluding hydrogens is 426 g/mol. The number of nitrogens with one attached hydrogen (secondary N) is 1. The van der Waals surface area contributed by atoms with Crippen LogP contribution in [0.2, 0.25) is 0 Å². The third-order valence-corrected chi connectivity index (χ3v) is 7.42. The first kappa shape index (κ1) is 21.4. The SMILES string of the molecule is Cc1cc(C=Nc2sc3c(c2C(=O)Nc2ccccc2)CCCC3)c(C)n1-c1ccccc1. The number of hydrogen-bond acceptors (Lipinski definition) is 3. The van der Waals surface area contributed by atoms with Gasteiger partial charge in [-0.3, -0.25) is 4.79 Å². The van der Waals surface area contributed by atoms with E-state index in [1.807, 2.05) is 42.6 Å². The number of carbonyl (C=O) groups excluding carboxylic acids is 1. The number of aromatic nitrogens is 1. The quantitative estimate of drug-likeness (QED) is 0.324. The Balaban J connectivity index is 1.50. The maximum atomic E-state index is 13.3. The maximum Gasteiger partial charge on any atom is 0.259 e. The summed E-state index contributed by atoms with van der Waals surface area (Å²) in [5, 5.41) is 3.87. The summed E-state index contributed by atoms with van der Waals surface area (Å²) in [5.74, 6) is -0.0671. The van der Waals surface area contributed by atoms with Crippen LogP contribution in [0.1, 0.15) is 50.6 Å². The number of benzene rings is 2. The van der Waals surface area contributed by atoms with Crippen LogP contribution in [0.3, 0.4) is 0 Å². The van der Waals surface area contributed by atoms with E-state index < -0.39 is 0 Å². The number of hydrogen-bond donors (Lipinski definition) is 1. The number of aryl methyl sites for hydroxylation is 2. The van der Waals surface area contributed by atoms with Crippen molar-refractivity contribution in [3.8, 4) is 5.69 Å². The molecule has 0 aliphatic heterocycles. The van der Waals surface area contributed by atoms with Gasteiger partial charge in [-0.15, -0.1) is 11.3 Å². The number of amides is 1. The number of nitrogens with zero attached hydrogens (tertiary/aromatic N) is 2. The van der Waals surface area contributed by atoms with Gasteiger partial charge in [0.25, 0.3) is 5.91 Å². The van der Waals surface area contributed by atoms with Crippen molar-refractivity contribution in [2.24, 2.45) is 4.99 Å². The van der Waals surface area contributed by atoms with Gasteiger partial charge in [0.1, 0.15) is 5.00 Å². The van der Waals surface area contributed by atoms with Crippen LogP contribution in [0.5, 0.6) is 0 Å². The molecule has 2 aromatic carbocycles. The highest BCUT2D eigenvalue weighted by atomic mass is 32.1. The largest absolute Gasteiger partial charge is 0.322 e. The van der Waals surface area contributed by atoms with Crippen molar-refractivity contribution in [3.63, 3.8) is 0 Å². The van der Waals surface area contributed by atoms with Gasteiger partial charge in [-0.2, -0.15) is 0 Å². The number of aliphatic imine (C=N–C) groups is 1. The van der Waals surface area contributed by atoms with Gasteiger partial charge >= 0.3 is 0 Å². The van der Waals surface area contributed by atoms with Gasteiger partial charge in [0.2, 0.25) is 0 Å². The molecule has 5 rings (SSSR count). The minimum Gasteiger partial charge on any atom is -0.322 e. The summed E-state index contributed by atoms with van der Waals surface area (Å²) in [4.78, 5) is 19.5. The second kappa shape index (κ2) is 9.20. The normalized spacial score (nSPS) is 13.3. The zero-order valence-corrected chi connectivity index (χ0v) is 19.8. The first-order valence-corrected chi connectivity index (χ1v) is 12.2. The van der Waals surface area contributed by atoms with Crippen molar-refractivity contribution in [1.29, 1.82) is 0 Å². The molecule has 1 aliphatic carbocycles. The smallest absolute Gasteiger partial charge is 0.259 e. The first-order valence-electron chi connectivity index (χ1n) is 11.4. The Labute approximate surface area is 198 Å². The fourth-order valence-corrected chi connectivity index (χ4v) is 5.84. The van der Waals surface area contributed by atoms with Crippen molar-refractivity contribution < 1.29 is 4.79 Å². The van der Waals surface area contributed by atoms with E-state index in [4.69, 9.17) is 4.99 Å². The number of anilines is 1. The number of para-hydroxylation sites is 2. The second-order valence-electron chi connectivity index (χ2n) is 8.47. The third kappa shape index (κ3) is 4.29. The standard InChI is InChI=1S/C28H27N3OS/c1-19-17-21(20(2)31(19)23-13-7-4-8-14-23)18-29-28-26(24-15-9-10-16-25(24)33-28)27(32)30-22-11-5-3-6-12-22/h3-8,11-14,17-18H,9-10,15-16H2,1-2H3,(H,30,32). The second-order valence-corrected chi connectivity index (χ2v) is 9.55. The van der Waals surface area contributed by atoms with Gasteiger partial charge in [0, 0.05) is 39.4 Å². The lowest BCUT2D eigenvalue weighted by molar-refractivity contribution is 0.102. The van der Waals surface area contributed by atoms with Crippen molar-refractivity contribution in [2.45, 2.75) is 39.5 Å². The lowest BCUT2D eigenvalue weighted by atomic mass is 9.95. The highest BCUT2D eigenvalue weighted by molar-refractivity contribution is 7.16. The molecule has 0 unspecified atom stereocenters. The lowest BCUT2D eigenvalue weighted by Crippen LogP contribution is -2.14.